The summed E-state index contributed by atoms with van der Waals surface area (Å²) < 4.78 is 6.17. The van der Waals surface area contributed by atoms with Crippen molar-refractivity contribution >= 4 is 27.7 Å². The van der Waals surface area contributed by atoms with Gasteiger partial charge in [0.15, 0.2) is 0 Å². The van der Waals surface area contributed by atoms with E-state index in [1.807, 2.05) is 36.2 Å². The van der Waals surface area contributed by atoms with Gasteiger partial charge in [-0.05, 0) is 36.9 Å². The topological polar surface area (TPSA) is 65.8 Å². The van der Waals surface area contributed by atoms with Crippen LogP contribution in [0.4, 0.5) is 0 Å². The van der Waals surface area contributed by atoms with Gasteiger partial charge in [-0.15, -0.1) is 0 Å². The Morgan fingerprint density at radius 3 is 2.48 bits per heavy atom. The van der Waals surface area contributed by atoms with Gasteiger partial charge in [0.05, 0.1) is 25.9 Å². The molecule has 1 aromatic heterocycles. The van der Waals surface area contributed by atoms with Gasteiger partial charge in [0.1, 0.15) is 5.76 Å². The molecule has 0 saturated heterocycles. The third-order valence-electron chi connectivity index (χ3n) is 3.62. The third-order valence-corrected chi connectivity index (χ3v) is 4.15. The second-order valence-electron chi connectivity index (χ2n) is 5.90. The molecule has 1 aromatic carbocycles. The van der Waals surface area contributed by atoms with E-state index in [9.17, 15) is 9.59 Å². The average molecular weight is 408 g/mol. The molecule has 1 heterocycles. The van der Waals surface area contributed by atoms with E-state index in [-0.39, 0.29) is 24.9 Å². The molecule has 0 atom stereocenters. The summed E-state index contributed by atoms with van der Waals surface area (Å²) in [4.78, 5) is 27.5. The number of likely N-dealkylation sites (N-methyl/N-ethyl adjacent to an activating group) is 2. The van der Waals surface area contributed by atoms with Crippen LogP contribution in [0.5, 0.6) is 0 Å². The zero-order valence-electron chi connectivity index (χ0n) is 14.4. The first-order valence-electron chi connectivity index (χ1n) is 7.90. The van der Waals surface area contributed by atoms with Crippen LogP contribution >= 0.6 is 15.9 Å². The first kappa shape index (κ1) is 19.2. The minimum atomic E-state index is -0.220. The van der Waals surface area contributed by atoms with E-state index in [1.54, 1.807) is 25.4 Å². The average Bonchev–Trinajstić information content (AvgIpc) is 3.08. The van der Waals surface area contributed by atoms with Crippen LogP contribution in [0.15, 0.2) is 51.6 Å². The van der Waals surface area contributed by atoms with Crippen LogP contribution in [-0.2, 0) is 22.7 Å². The number of benzene rings is 1. The standard InChI is InChI=1S/C18H22BrN3O3/c1-21(11-14-5-7-15(19)8-6-14)13-18(24)22(2)12-17(23)20-10-16-4-3-9-25-16/h3-9H,10-13H2,1-2H3,(H,20,23). The molecule has 7 heteroatoms. The molecule has 0 fully saturated rings. The quantitative estimate of drug-likeness (QED) is 0.728. The smallest absolute Gasteiger partial charge is 0.239 e. The van der Waals surface area contributed by atoms with Crippen LogP contribution < -0.4 is 5.32 Å². The van der Waals surface area contributed by atoms with E-state index in [0.29, 0.717) is 18.8 Å². The Labute approximate surface area is 155 Å². The fraction of sp³-hybridized carbons (Fsp3) is 0.333. The zero-order chi connectivity index (χ0) is 18.2. The van der Waals surface area contributed by atoms with Crippen LogP contribution in [0.25, 0.3) is 0 Å². The normalized spacial score (nSPS) is 10.7. The molecule has 0 spiro atoms. The highest BCUT2D eigenvalue weighted by atomic mass is 79.9. The van der Waals surface area contributed by atoms with E-state index in [2.05, 4.69) is 21.2 Å². The van der Waals surface area contributed by atoms with Crippen molar-refractivity contribution in [3.63, 3.8) is 0 Å². The Bertz CT molecular complexity index is 686. The predicted molar refractivity (Wildman–Crippen MR) is 98.7 cm³/mol. The highest BCUT2D eigenvalue weighted by molar-refractivity contribution is 9.10. The molecular formula is C18H22BrN3O3. The van der Waals surface area contributed by atoms with Crippen LogP contribution in [0.1, 0.15) is 11.3 Å². The number of carbonyl (C=O) groups excluding carboxylic acids is 2. The van der Waals surface area contributed by atoms with Gasteiger partial charge in [0, 0.05) is 18.1 Å². The number of nitrogens with zero attached hydrogens (tertiary/aromatic N) is 2. The lowest BCUT2D eigenvalue weighted by molar-refractivity contribution is -0.135. The van der Waals surface area contributed by atoms with E-state index in [1.165, 1.54) is 4.90 Å². The van der Waals surface area contributed by atoms with Crippen LogP contribution in [0.3, 0.4) is 0 Å². The number of hydrogen-bond donors (Lipinski definition) is 1. The van der Waals surface area contributed by atoms with Crippen molar-refractivity contribution in [3.8, 4) is 0 Å². The molecule has 2 rings (SSSR count). The zero-order valence-corrected chi connectivity index (χ0v) is 16.0. The van der Waals surface area contributed by atoms with Crippen molar-refractivity contribution < 1.29 is 14.0 Å². The minimum absolute atomic E-state index is 0.0195. The summed E-state index contributed by atoms with van der Waals surface area (Å²) in [6.45, 7) is 1.25. The maximum Gasteiger partial charge on any atom is 0.239 e. The van der Waals surface area contributed by atoms with Gasteiger partial charge in [-0.2, -0.15) is 0 Å². The number of carbonyl (C=O) groups is 2. The molecule has 1 N–H and O–H groups in total. The number of halogens is 1. The van der Waals surface area contributed by atoms with Crippen molar-refractivity contribution in [1.82, 2.24) is 15.1 Å². The van der Waals surface area contributed by atoms with Crippen LogP contribution in [0, 0.1) is 0 Å². The summed E-state index contributed by atoms with van der Waals surface area (Å²) in [5.41, 5.74) is 1.12. The lowest BCUT2D eigenvalue weighted by Crippen LogP contribution is -2.42. The SMILES string of the molecule is CN(CC(=O)N(C)CC(=O)NCc1ccco1)Cc1ccc(Br)cc1. The number of amides is 2. The lowest BCUT2D eigenvalue weighted by Gasteiger charge is -2.21. The second-order valence-corrected chi connectivity index (χ2v) is 6.82. The fourth-order valence-electron chi connectivity index (χ4n) is 2.27. The molecule has 0 aliphatic rings. The van der Waals surface area contributed by atoms with E-state index in [4.69, 9.17) is 4.42 Å². The number of hydrogen-bond acceptors (Lipinski definition) is 4. The molecule has 0 radical (unpaired) electrons. The highest BCUT2D eigenvalue weighted by Crippen LogP contribution is 2.11. The summed E-state index contributed by atoms with van der Waals surface area (Å²) in [5.74, 6) is 0.354. The van der Waals surface area contributed by atoms with Crippen molar-refractivity contribution in [3.05, 3.63) is 58.5 Å². The van der Waals surface area contributed by atoms with Gasteiger partial charge < -0.3 is 14.6 Å². The van der Waals surface area contributed by atoms with Gasteiger partial charge >= 0.3 is 0 Å². The first-order valence-corrected chi connectivity index (χ1v) is 8.69. The lowest BCUT2D eigenvalue weighted by atomic mass is 10.2. The van der Waals surface area contributed by atoms with Gasteiger partial charge in [0.25, 0.3) is 0 Å². The van der Waals surface area contributed by atoms with Gasteiger partial charge in [-0.1, -0.05) is 28.1 Å². The largest absolute Gasteiger partial charge is 0.467 e. The van der Waals surface area contributed by atoms with Crippen LogP contribution in [0.2, 0.25) is 0 Å². The van der Waals surface area contributed by atoms with E-state index < -0.39 is 0 Å². The van der Waals surface area contributed by atoms with E-state index >= 15 is 0 Å². The predicted octanol–water partition coefficient (Wildman–Crippen LogP) is 2.25. The summed E-state index contributed by atoms with van der Waals surface area (Å²) >= 11 is 3.40. The minimum Gasteiger partial charge on any atom is -0.467 e. The number of rotatable bonds is 8. The molecular weight excluding hydrogens is 386 g/mol. The molecule has 134 valence electrons. The van der Waals surface area contributed by atoms with Gasteiger partial charge in [0.2, 0.25) is 11.8 Å². The summed E-state index contributed by atoms with van der Waals surface area (Å²) in [6.07, 6.45) is 1.55. The Morgan fingerprint density at radius 2 is 1.84 bits per heavy atom. The molecule has 0 unspecified atom stereocenters. The van der Waals surface area contributed by atoms with Gasteiger partial charge in [-0.25, -0.2) is 0 Å². The van der Waals surface area contributed by atoms with Crippen molar-refractivity contribution in [2.75, 3.05) is 27.2 Å². The first-order chi connectivity index (χ1) is 11.9. The molecule has 6 nitrogen and oxygen atoms in total. The molecule has 0 bridgehead atoms. The Hall–Kier alpha value is -2.12. The summed E-state index contributed by atoms with van der Waals surface area (Å²) in [6, 6.07) is 11.5. The Kier molecular flexibility index (Phi) is 7.21. The van der Waals surface area contributed by atoms with Crippen LogP contribution in [-0.4, -0.2) is 48.8 Å². The van der Waals surface area contributed by atoms with Crippen molar-refractivity contribution in [2.45, 2.75) is 13.1 Å². The Balaban J connectivity index is 1.73. The highest BCUT2D eigenvalue weighted by Gasteiger charge is 2.15. The number of nitrogens with one attached hydrogen (secondary N) is 1. The summed E-state index contributed by atoms with van der Waals surface area (Å²) in [7, 11) is 3.51. The molecule has 0 aliphatic carbocycles. The molecule has 2 amide bonds. The summed E-state index contributed by atoms with van der Waals surface area (Å²) in [5, 5.41) is 2.72. The second kappa shape index (κ2) is 9.39. The molecule has 0 aliphatic heterocycles. The fourth-order valence-corrected chi connectivity index (χ4v) is 2.53. The van der Waals surface area contributed by atoms with E-state index in [0.717, 1.165) is 10.0 Å². The maximum absolute atomic E-state index is 12.2. The van der Waals surface area contributed by atoms with Crippen molar-refractivity contribution in [1.29, 1.82) is 0 Å². The molecule has 25 heavy (non-hydrogen) atoms. The monoisotopic (exact) mass is 407 g/mol. The third kappa shape index (κ3) is 6.72. The molecule has 2 aromatic rings. The molecule has 0 saturated carbocycles. The van der Waals surface area contributed by atoms with Crippen molar-refractivity contribution in [2.24, 2.45) is 0 Å². The maximum atomic E-state index is 12.2. The Morgan fingerprint density at radius 1 is 1.12 bits per heavy atom. The van der Waals surface area contributed by atoms with Gasteiger partial charge in [-0.3, -0.25) is 14.5 Å². The number of furan rings is 1.